The van der Waals surface area contributed by atoms with Crippen molar-refractivity contribution in [1.29, 1.82) is 0 Å². The molecule has 10 heteroatoms. The van der Waals surface area contributed by atoms with Crippen molar-refractivity contribution in [3.05, 3.63) is 79.7 Å². The van der Waals surface area contributed by atoms with Gasteiger partial charge in [-0.2, -0.15) is 0 Å². The first-order valence-electron chi connectivity index (χ1n) is 10.4. The molecule has 174 valence electrons. The number of nitrogens with zero attached hydrogens (tertiary/aromatic N) is 1. The summed E-state index contributed by atoms with van der Waals surface area (Å²) in [6.45, 7) is 0. The van der Waals surface area contributed by atoms with Crippen molar-refractivity contribution < 1.29 is 19.1 Å². The second-order valence-corrected chi connectivity index (χ2v) is 9.46. The molecule has 0 radical (unpaired) electrons. The molecule has 0 aromatic heterocycles. The number of anilines is 2. The summed E-state index contributed by atoms with van der Waals surface area (Å²) in [7, 11) is 1.19. The van der Waals surface area contributed by atoms with Crippen LogP contribution in [0.4, 0.5) is 11.4 Å². The number of hydrogen-bond donors (Lipinski definition) is 2. The van der Waals surface area contributed by atoms with Crippen LogP contribution < -0.4 is 16.0 Å². The van der Waals surface area contributed by atoms with Gasteiger partial charge in [-0.3, -0.25) is 14.5 Å². The van der Waals surface area contributed by atoms with Crippen LogP contribution >= 0.6 is 34.8 Å². The van der Waals surface area contributed by atoms with Gasteiger partial charge >= 0.3 is 5.97 Å². The largest absolute Gasteiger partial charge is 0.466 e. The number of ether oxygens (including phenoxy) is 1. The van der Waals surface area contributed by atoms with E-state index in [1.54, 1.807) is 36.4 Å². The summed E-state index contributed by atoms with van der Waals surface area (Å²) in [5.41, 5.74) is 6.49. The molecule has 3 aliphatic rings. The van der Waals surface area contributed by atoms with Crippen LogP contribution in [0.2, 0.25) is 15.1 Å². The van der Waals surface area contributed by atoms with Crippen LogP contribution in [0.3, 0.4) is 0 Å². The molecule has 1 amide bonds. The molecule has 2 aliphatic heterocycles. The number of nitrogens with two attached hydrogens (primary N) is 1. The van der Waals surface area contributed by atoms with Gasteiger partial charge in [-0.05, 0) is 49.2 Å². The fraction of sp³-hybridized carbons (Fsp3) is 0.208. The first-order valence-corrected chi connectivity index (χ1v) is 11.6. The lowest BCUT2D eigenvalue weighted by atomic mass is 9.63. The highest BCUT2D eigenvalue weighted by molar-refractivity contribution is 6.35. The van der Waals surface area contributed by atoms with Crippen LogP contribution in [-0.2, 0) is 24.5 Å². The lowest BCUT2D eigenvalue weighted by Gasteiger charge is -2.44. The average molecular weight is 519 g/mol. The van der Waals surface area contributed by atoms with E-state index in [1.165, 1.54) is 12.0 Å². The van der Waals surface area contributed by atoms with Crippen LogP contribution in [0.5, 0.6) is 0 Å². The average Bonchev–Trinajstić information content (AvgIpc) is 3.07. The van der Waals surface area contributed by atoms with E-state index in [9.17, 15) is 14.4 Å². The molecule has 5 rings (SSSR count). The molecular formula is C24H18Cl3N3O4. The lowest BCUT2D eigenvalue weighted by Crippen LogP contribution is -2.53. The summed E-state index contributed by atoms with van der Waals surface area (Å²) < 4.78 is 5.08. The van der Waals surface area contributed by atoms with E-state index in [4.69, 9.17) is 45.3 Å². The third kappa shape index (κ3) is 3.00. The molecule has 2 aromatic rings. The van der Waals surface area contributed by atoms with Crippen molar-refractivity contribution in [2.45, 2.75) is 24.7 Å². The predicted octanol–water partition coefficient (Wildman–Crippen LogP) is 4.71. The van der Waals surface area contributed by atoms with Crippen LogP contribution in [0.25, 0.3) is 0 Å². The van der Waals surface area contributed by atoms with E-state index in [0.29, 0.717) is 50.5 Å². The molecule has 0 saturated heterocycles. The number of allylic oxidation sites excluding steroid dienone is 1. The number of rotatable bonds is 2. The van der Waals surface area contributed by atoms with Crippen molar-refractivity contribution in [2.24, 2.45) is 5.73 Å². The molecule has 0 fully saturated rings. The first-order chi connectivity index (χ1) is 16.2. The second kappa shape index (κ2) is 8.05. The summed E-state index contributed by atoms with van der Waals surface area (Å²) in [4.78, 5) is 42.1. The Morgan fingerprint density at radius 2 is 1.79 bits per heavy atom. The Hall–Kier alpha value is -3.00. The quantitative estimate of drug-likeness (QED) is 0.559. The number of fused-ring (bicyclic) bond motifs is 3. The second-order valence-electron chi connectivity index (χ2n) is 8.18. The maximum absolute atomic E-state index is 13.8. The van der Waals surface area contributed by atoms with Crippen LogP contribution in [0.1, 0.15) is 24.8 Å². The number of hydrogen-bond acceptors (Lipinski definition) is 6. The molecule has 3 N–H and O–H groups in total. The number of ketones is 1. The van der Waals surface area contributed by atoms with E-state index >= 15 is 0 Å². The summed E-state index contributed by atoms with van der Waals surface area (Å²) in [6, 6.07) is 9.61. The Morgan fingerprint density at radius 3 is 2.53 bits per heavy atom. The fourth-order valence-electron chi connectivity index (χ4n) is 5.11. The molecule has 1 atom stereocenters. The number of amides is 1. The maximum Gasteiger partial charge on any atom is 0.339 e. The van der Waals surface area contributed by atoms with Crippen molar-refractivity contribution in [2.75, 3.05) is 17.3 Å². The van der Waals surface area contributed by atoms with Crippen LogP contribution in [0.15, 0.2) is 59.1 Å². The monoisotopic (exact) mass is 517 g/mol. The van der Waals surface area contributed by atoms with Gasteiger partial charge in [-0.15, -0.1) is 0 Å². The standard InChI is InChI=1S/C24H18Cl3N3O4/c1-34-22(32)20-21(28)30(17-10-12(26)5-7-14(17)27)16-3-2-4-18(31)19(16)24(20)13-9-11(25)6-8-15(13)29-23(24)33/h5-10H,2-4,28H2,1H3,(H,29,33). The number of methoxy groups -OCH3 is 1. The number of Topliss-reactive ketones (excluding diaryl/α,β-unsaturated/α-hetero) is 1. The summed E-state index contributed by atoms with van der Waals surface area (Å²) >= 11 is 19.1. The number of nitrogens with one attached hydrogen (secondary N) is 1. The summed E-state index contributed by atoms with van der Waals surface area (Å²) in [6.07, 6.45) is 1.16. The van der Waals surface area contributed by atoms with Gasteiger partial charge in [-0.25, -0.2) is 4.79 Å². The van der Waals surface area contributed by atoms with Crippen molar-refractivity contribution >= 4 is 63.8 Å². The van der Waals surface area contributed by atoms with Gasteiger partial charge in [0.15, 0.2) is 5.78 Å². The highest BCUT2D eigenvalue weighted by atomic mass is 35.5. The normalized spacial score (nSPS) is 21.6. The first kappa shape index (κ1) is 22.8. The maximum atomic E-state index is 13.8. The molecule has 0 saturated carbocycles. The Balaban J connectivity index is 1.94. The summed E-state index contributed by atoms with van der Waals surface area (Å²) in [5.74, 6) is -1.78. The molecule has 0 bridgehead atoms. The van der Waals surface area contributed by atoms with Crippen LogP contribution in [-0.4, -0.2) is 24.8 Å². The third-order valence-electron chi connectivity index (χ3n) is 6.41. The van der Waals surface area contributed by atoms with Gasteiger partial charge in [0.1, 0.15) is 16.8 Å². The third-order valence-corrected chi connectivity index (χ3v) is 7.20. The Kier molecular flexibility index (Phi) is 5.39. The smallest absolute Gasteiger partial charge is 0.339 e. The van der Waals surface area contributed by atoms with Crippen molar-refractivity contribution in [3.8, 4) is 0 Å². The van der Waals surface area contributed by atoms with Crippen molar-refractivity contribution in [1.82, 2.24) is 0 Å². The predicted molar refractivity (Wildman–Crippen MR) is 130 cm³/mol. The molecule has 1 spiro atoms. The number of halogens is 3. The Bertz CT molecular complexity index is 1370. The van der Waals surface area contributed by atoms with Crippen LogP contribution in [0, 0.1) is 0 Å². The minimum atomic E-state index is -1.81. The van der Waals surface area contributed by atoms with Gasteiger partial charge in [0.05, 0.1) is 17.8 Å². The molecule has 34 heavy (non-hydrogen) atoms. The van der Waals surface area contributed by atoms with Gasteiger partial charge in [0.25, 0.3) is 0 Å². The minimum absolute atomic E-state index is 0.0764. The topological polar surface area (TPSA) is 102 Å². The van der Waals surface area contributed by atoms with Crippen molar-refractivity contribution in [3.63, 3.8) is 0 Å². The van der Waals surface area contributed by atoms with E-state index in [2.05, 4.69) is 5.32 Å². The number of benzene rings is 2. The minimum Gasteiger partial charge on any atom is -0.466 e. The zero-order valence-electron chi connectivity index (χ0n) is 17.9. The molecular weight excluding hydrogens is 501 g/mol. The Morgan fingerprint density at radius 1 is 1.09 bits per heavy atom. The SMILES string of the molecule is COC(=O)C1=C(N)N(c2cc(Cl)ccc2Cl)C2=C(C(=O)CCC2)C12C(=O)Nc1ccc(Cl)cc12. The molecule has 1 unspecified atom stereocenters. The zero-order valence-corrected chi connectivity index (χ0v) is 20.1. The Labute approximate surface area is 210 Å². The number of carbonyl (C=O) groups excluding carboxylic acids is 3. The fourth-order valence-corrected chi connectivity index (χ4v) is 5.65. The molecule has 2 aromatic carbocycles. The summed E-state index contributed by atoms with van der Waals surface area (Å²) in [5, 5.41) is 3.82. The number of carbonyl (C=O) groups is 3. The van der Waals surface area contributed by atoms with Gasteiger partial charge in [-0.1, -0.05) is 34.8 Å². The molecule has 1 aliphatic carbocycles. The highest BCUT2D eigenvalue weighted by Crippen LogP contribution is 2.56. The van der Waals surface area contributed by atoms with E-state index in [1.807, 2.05) is 0 Å². The van der Waals surface area contributed by atoms with Gasteiger partial charge < -0.3 is 15.8 Å². The molecule has 7 nitrogen and oxygen atoms in total. The molecule has 2 heterocycles. The zero-order chi connectivity index (χ0) is 24.4. The van der Waals surface area contributed by atoms with Gasteiger partial charge in [0.2, 0.25) is 5.91 Å². The van der Waals surface area contributed by atoms with Gasteiger partial charge in [0, 0.05) is 39.0 Å². The highest BCUT2D eigenvalue weighted by Gasteiger charge is 2.62. The van der Waals surface area contributed by atoms with E-state index < -0.39 is 17.3 Å². The van der Waals surface area contributed by atoms with E-state index in [-0.39, 0.29) is 29.2 Å². The lowest BCUT2D eigenvalue weighted by molar-refractivity contribution is -0.138. The number of esters is 1. The van der Waals surface area contributed by atoms with E-state index in [0.717, 1.165) is 0 Å².